The first-order valence-electron chi connectivity index (χ1n) is 11.0. The summed E-state index contributed by atoms with van der Waals surface area (Å²) in [7, 11) is 0. The van der Waals surface area contributed by atoms with Crippen molar-refractivity contribution < 1.29 is 22.4 Å². The Morgan fingerprint density at radius 1 is 1.11 bits per heavy atom. The van der Waals surface area contributed by atoms with Gasteiger partial charge in [-0.05, 0) is 42.0 Å². The average molecular weight is 504 g/mol. The predicted octanol–water partition coefficient (Wildman–Crippen LogP) is 5.09. The summed E-state index contributed by atoms with van der Waals surface area (Å²) in [6.45, 7) is -0.0526. The van der Waals surface area contributed by atoms with Crippen LogP contribution in [0.2, 0.25) is 0 Å². The van der Waals surface area contributed by atoms with Crippen molar-refractivity contribution >= 4 is 28.7 Å². The summed E-state index contributed by atoms with van der Waals surface area (Å²) >= 11 is 0. The molecule has 2 heterocycles. The van der Waals surface area contributed by atoms with Crippen LogP contribution in [-0.4, -0.2) is 28.0 Å². The largest absolute Gasteiger partial charge is 0.417 e. The van der Waals surface area contributed by atoms with Gasteiger partial charge in [-0.25, -0.2) is 4.39 Å². The predicted molar refractivity (Wildman–Crippen MR) is 128 cm³/mol. The normalized spacial score (nSPS) is 15.0. The number of hydrogen-bond donors (Lipinski definition) is 2. The van der Waals surface area contributed by atoms with Gasteiger partial charge in [0.1, 0.15) is 5.82 Å². The SMILES string of the molecule is N#Cc1ccc(C2N=CC(c3ccc(CNC(=O)c4ccc5[nH]ncc5c4)c(F)c3)=N2)cc1C(F)(F)F. The molecule has 0 radical (unpaired) electrons. The van der Waals surface area contributed by atoms with E-state index in [1.54, 1.807) is 30.5 Å². The van der Waals surface area contributed by atoms with Gasteiger partial charge in [0, 0.05) is 28.6 Å². The topological polar surface area (TPSA) is 106 Å². The number of aromatic amines is 1. The van der Waals surface area contributed by atoms with Crippen LogP contribution in [-0.2, 0) is 12.7 Å². The quantitative estimate of drug-likeness (QED) is 0.370. The zero-order chi connectivity index (χ0) is 26.2. The van der Waals surface area contributed by atoms with Crippen molar-refractivity contribution in [3.63, 3.8) is 0 Å². The number of aliphatic imine (C=N–C) groups is 2. The van der Waals surface area contributed by atoms with Gasteiger partial charge in [-0.15, -0.1) is 0 Å². The summed E-state index contributed by atoms with van der Waals surface area (Å²) < 4.78 is 54.7. The third kappa shape index (κ3) is 4.81. The van der Waals surface area contributed by atoms with Gasteiger partial charge in [-0.3, -0.25) is 19.9 Å². The van der Waals surface area contributed by atoms with E-state index in [9.17, 15) is 22.4 Å². The Balaban J connectivity index is 1.29. The molecule has 0 aliphatic carbocycles. The van der Waals surface area contributed by atoms with Gasteiger partial charge in [0.2, 0.25) is 0 Å². The van der Waals surface area contributed by atoms with Crippen LogP contribution in [0.1, 0.15) is 44.3 Å². The molecule has 0 saturated carbocycles. The number of fused-ring (bicyclic) bond motifs is 1. The van der Waals surface area contributed by atoms with Crippen LogP contribution in [0.15, 0.2) is 70.8 Å². The molecule has 7 nitrogen and oxygen atoms in total. The van der Waals surface area contributed by atoms with Crippen LogP contribution in [0.5, 0.6) is 0 Å². The van der Waals surface area contributed by atoms with Crippen LogP contribution in [0.25, 0.3) is 10.9 Å². The summed E-state index contributed by atoms with van der Waals surface area (Å²) in [6, 6.07) is 14.2. The zero-order valence-corrected chi connectivity index (χ0v) is 18.8. The van der Waals surface area contributed by atoms with Gasteiger partial charge in [0.05, 0.1) is 40.8 Å². The monoisotopic (exact) mass is 504 g/mol. The van der Waals surface area contributed by atoms with Gasteiger partial charge >= 0.3 is 6.18 Å². The van der Waals surface area contributed by atoms with Crippen molar-refractivity contribution in [1.29, 1.82) is 5.26 Å². The molecule has 3 aromatic carbocycles. The fourth-order valence-corrected chi connectivity index (χ4v) is 3.92. The summed E-state index contributed by atoms with van der Waals surface area (Å²) in [5.74, 6) is -0.956. The van der Waals surface area contributed by atoms with Crippen LogP contribution in [0.3, 0.4) is 0 Å². The van der Waals surface area contributed by atoms with E-state index in [0.717, 1.165) is 23.0 Å². The first kappa shape index (κ1) is 23.9. The third-order valence-corrected chi connectivity index (χ3v) is 5.86. The molecule has 0 bridgehead atoms. The minimum absolute atomic E-state index is 0.0526. The van der Waals surface area contributed by atoms with E-state index >= 15 is 0 Å². The number of halogens is 4. The number of rotatable bonds is 5. The summed E-state index contributed by atoms with van der Waals surface area (Å²) in [5, 5.41) is 19.1. The number of nitrogens with zero attached hydrogens (tertiary/aromatic N) is 4. The molecule has 1 aliphatic rings. The highest BCUT2D eigenvalue weighted by atomic mass is 19.4. The molecular formula is C26H16F4N6O. The lowest BCUT2D eigenvalue weighted by Gasteiger charge is -2.12. The van der Waals surface area contributed by atoms with E-state index in [-0.39, 0.29) is 23.6 Å². The number of carbonyl (C=O) groups excluding carboxylic acids is 1. The number of amides is 1. The van der Waals surface area contributed by atoms with Crippen LogP contribution in [0.4, 0.5) is 17.6 Å². The number of nitriles is 1. The number of aromatic nitrogens is 2. The maximum absolute atomic E-state index is 14.8. The van der Waals surface area contributed by atoms with E-state index < -0.39 is 29.3 Å². The minimum Gasteiger partial charge on any atom is -0.348 e. The van der Waals surface area contributed by atoms with Gasteiger partial charge in [0.15, 0.2) is 6.17 Å². The Morgan fingerprint density at radius 3 is 2.70 bits per heavy atom. The maximum atomic E-state index is 14.8. The van der Waals surface area contributed by atoms with Crippen LogP contribution < -0.4 is 5.32 Å². The van der Waals surface area contributed by atoms with Crippen molar-refractivity contribution in [2.45, 2.75) is 18.9 Å². The lowest BCUT2D eigenvalue weighted by atomic mass is 10.0. The number of alkyl halides is 3. The first-order valence-corrected chi connectivity index (χ1v) is 11.0. The number of nitrogens with one attached hydrogen (secondary N) is 2. The van der Waals surface area contributed by atoms with E-state index in [2.05, 4.69) is 25.5 Å². The van der Waals surface area contributed by atoms with Gasteiger partial charge in [0.25, 0.3) is 5.91 Å². The molecule has 37 heavy (non-hydrogen) atoms. The van der Waals surface area contributed by atoms with Crippen molar-refractivity contribution in [1.82, 2.24) is 15.5 Å². The third-order valence-electron chi connectivity index (χ3n) is 5.86. The average Bonchev–Trinajstić information content (AvgIpc) is 3.56. The molecular weight excluding hydrogens is 488 g/mol. The van der Waals surface area contributed by atoms with Crippen LogP contribution >= 0.6 is 0 Å². The summed E-state index contributed by atoms with van der Waals surface area (Å²) in [5.41, 5.74) is 0.729. The van der Waals surface area contributed by atoms with E-state index in [0.29, 0.717) is 16.8 Å². The second-order valence-electron chi connectivity index (χ2n) is 8.24. The fourth-order valence-electron chi connectivity index (χ4n) is 3.92. The second-order valence-corrected chi connectivity index (χ2v) is 8.24. The molecule has 1 atom stereocenters. The Bertz CT molecular complexity index is 1630. The molecule has 0 saturated heterocycles. The molecule has 184 valence electrons. The Labute approximate surface area is 207 Å². The zero-order valence-electron chi connectivity index (χ0n) is 18.8. The van der Waals surface area contributed by atoms with E-state index in [4.69, 9.17) is 5.26 Å². The number of H-pyrrole nitrogens is 1. The number of benzene rings is 3. The number of carbonyl (C=O) groups is 1. The highest BCUT2D eigenvalue weighted by Gasteiger charge is 2.34. The van der Waals surface area contributed by atoms with E-state index in [1.807, 2.05) is 0 Å². The standard InChI is InChI=1S/C26H16F4N6O/c27-21-9-14(1-4-18(21)11-33-25(37)16-5-6-22-19(7-16)12-34-36-22)23-13-32-24(35-23)15-2-3-17(10-31)20(8-15)26(28,29)30/h1-9,12-13,24H,11H2,(H,33,37)(H,34,36). The molecule has 1 aliphatic heterocycles. The molecule has 5 rings (SSSR count). The lowest BCUT2D eigenvalue weighted by Crippen LogP contribution is -2.23. The number of hydrogen-bond acceptors (Lipinski definition) is 5. The molecule has 1 amide bonds. The van der Waals surface area contributed by atoms with Crippen molar-refractivity contribution in [2.75, 3.05) is 0 Å². The minimum atomic E-state index is -4.70. The molecule has 11 heteroatoms. The first-order chi connectivity index (χ1) is 17.7. The second kappa shape index (κ2) is 9.31. The van der Waals surface area contributed by atoms with Crippen LogP contribution in [0, 0.1) is 17.1 Å². The molecule has 0 spiro atoms. The molecule has 2 N–H and O–H groups in total. The smallest absolute Gasteiger partial charge is 0.348 e. The van der Waals surface area contributed by atoms with Gasteiger partial charge in [-0.1, -0.05) is 18.2 Å². The Hall–Kier alpha value is -4.85. The summed E-state index contributed by atoms with van der Waals surface area (Å²) in [6.07, 6.45) is -2.69. The molecule has 4 aromatic rings. The van der Waals surface area contributed by atoms with Gasteiger partial charge in [-0.2, -0.15) is 23.5 Å². The Morgan fingerprint density at radius 2 is 1.95 bits per heavy atom. The van der Waals surface area contributed by atoms with Gasteiger partial charge < -0.3 is 5.32 Å². The molecule has 1 unspecified atom stereocenters. The maximum Gasteiger partial charge on any atom is 0.417 e. The highest BCUT2D eigenvalue weighted by molar-refractivity contribution is 6.39. The van der Waals surface area contributed by atoms with Crippen molar-refractivity contribution in [3.05, 3.63) is 100.0 Å². The fraction of sp³-hybridized carbons (Fsp3) is 0.115. The van der Waals surface area contributed by atoms with Crippen molar-refractivity contribution in [2.24, 2.45) is 9.98 Å². The molecule has 1 aromatic heterocycles. The molecule has 0 fully saturated rings. The van der Waals surface area contributed by atoms with Crippen molar-refractivity contribution in [3.8, 4) is 6.07 Å². The van der Waals surface area contributed by atoms with E-state index in [1.165, 1.54) is 30.5 Å². The highest BCUT2D eigenvalue weighted by Crippen LogP contribution is 2.35. The summed E-state index contributed by atoms with van der Waals surface area (Å²) in [4.78, 5) is 20.9. The lowest BCUT2D eigenvalue weighted by molar-refractivity contribution is -0.137. The Kier molecular flexibility index (Phi) is 6.01.